The number of benzene rings is 1. The Balaban J connectivity index is 1.55. The van der Waals surface area contributed by atoms with Crippen LogP contribution in [-0.2, 0) is 14.4 Å². The summed E-state index contributed by atoms with van der Waals surface area (Å²) in [5.41, 5.74) is 0.451. The average molecular weight is 370 g/mol. The first-order valence-corrected chi connectivity index (χ1v) is 8.49. The van der Waals surface area contributed by atoms with Gasteiger partial charge in [-0.1, -0.05) is 23.2 Å². The molecule has 2 atom stereocenters. The largest absolute Gasteiger partial charge is 0.342 e. The summed E-state index contributed by atoms with van der Waals surface area (Å²) < 4.78 is 0. The van der Waals surface area contributed by atoms with Gasteiger partial charge in [-0.05, 0) is 24.6 Å². The number of hydrogen-bond donors (Lipinski definition) is 1. The number of nitrogens with one attached hydrogen (secondary N) is 1. The Morgan fingerprint density at radius 1 is 1.12 bits per heavy atom. The van der Waals surface area contributed by atoms with Crippen LogP contribution in [0.25, 0.3) is 0 Å². The average Bonchev–Trinajstić information content (AvgIpc) is 3.38. The van der Waals surface area contributed by atoms with E-state index in [-0.39, 0.29) is 23.7 Å². The second-order valence-electron chi connectivity index (χ2n) is 6.03. The highest BCUT2D eigenvalue weighted by Gasteiger charge is 2.49. The fourth-order valence-electron chi connectivity index (χ4n) is 2.86. The third kappa shape index (κ3) is 3.65. The number of amides is 3. The Labute approximate surface area is 149 Å². The molecule has 24 heavy (non-hydrogen) atoms. The van der Waals surface area contributed by atoms with Gasteiger partial charge in [0, 0.05) is 31.2 Å². The third-order valence-electron chi connectivity index (χ3n) is 4.41. The molecule has 8 heteroatoms. The van der Waals surface area contributed by atoms with Gasteiger partial charge in [-0.25, -0.2) is 0 Å². The van der Waals surface area contributed by atoms with E-state index < -0.39 is 0 Å². The fraction of sp³-hybridized carbons (Fsp3) is 0.438. The van der Waals surface area contributed by atoms with Crippen LogP contribution in [0.3, 0.4) is 0 Å². The molecule has 1 aromatic rings. The van der Waals surface area contributed by atoms with E-state index in [1.54, 1.807) is 28.0 Å². The molecule has 0 aromatic heterocycles. The summed E-state index contributed by atoms with van der Waals surface area (Å²) in [5, 5.41) is 3.62. The lowest BCUT2D eigenvalue weighted by molar-refractivity contribution is -0.137. The summed E-state index contributed by atoms with van der Waals surface area (Å²) in [6.45, 7) is 2.11. The molecule has 1 saturated heterocycles. The van der Waals surface area contributed by atoms with E-state index in [1.165, 1.54) is 0 Å². The zero-order valence-electron chi connectivity index (χ0n) is 12.9. The molecule has 2 unspecified atom stereocenters. The minimum absolute atomic E-state index is 0.0158. The molecule has 1 saturated carbocycles. The van der Waals surface area contributed by atoms with Crippen LogP contribution in [0.4, 0.5) is 5.69 Å². The predicted octanol–water partition coefficient (Wildman–Crippen LogP) is 1.87. The second kappa shape index (κ2) is 6.99. The highest BCUT2D eigenvalue weighted by atomic mass is 35.5. The molecular formula is C16H17Cl2N3O3. The number of carbonyl (C=O) groups excluding carboxylic acids is 3. The number of carbonyl (C=O) groups is 3. The van der Waals surface area contributed by atoms with Gasteiger partial charge < -0.3 is 15.1 Å². The zero-order chi connectivity index (χ0) is 17.3. The molecule has 1 aliphatic heterocycles. The molecule has 2 aliphatic rings. The lowest BCUT2D eigenvalue weighted by Gasteiger charge is -2.32. The van der Waals surface area contributed by atoms with E-state index >= 15 is 0 Å². The molecular weight excluding hydrogens is 353 g/mol. The van der Waals surface area contributed by atoms with Crippen LogP contribution >= 0.6 is 23.2 Å². The molecule has 0 radical (unpaired) electrons. The summed E-state index contributed by atoms with van der Waals surface area (Å²) in [5.74, 6) is -0.857. The van der Waals surface area contributed by atoms with Crippen molar-refractivity contribution >= 4 is 47.1 Å². The molecule has 3 amide bonds. The number of anilines is 1. The van der Waals surface area contributed by atoms with Gasteiger partial charge in [0.1, 0.15) is 0 Å². The Morgan fingerprint density at radius 2 is 1.83 bits per heavy atom. The minimum atomic E-state index is -0.336. The van der Waals surface area contributed by atoms with Crippen molar-refractivity contribution in [3.8, 4) is 0 Å². The topological polar surface area (TPSA) is 69.7 Å². The number of nitrogens with zero attached hydrogens (tertiary/aromatic N) is 2. The van der Waals surface area contributed by atoms with Crippen molar-refractivity contribution in [2.24, 2.45) is 11.8 Å². The highest BCUT2D eigenvalue weighted by Crippen LogP contribution is 2.41. The van der Waals surface area contributed by atoms with Crippen LogP contribution in [0.1, 0.15) is 6.42 Å². The SMILES string of the molecule is O=CN1CCN(C(=O)C2CC2C(=O)Nc2cc(Cl)ccc2Cl)CC1. The van der Waals surface area contributed by atoms with Crippen molar-refractivity contribution in [3.05, 3.63) is 28.2 Å². The lowest BCUT2D eigenvalue weighted by atomic mass is 10.2. The van der Waals surface area contributed by atoms with E-state index in [4.69, 9.17) is 23.2 Å². The standard InChI is InChI=1S/C16H17Cl2N3O3/c17-10-1-2-13(18)14(7-10)19-15(23)11-8-12(11)16(24)21-5-3-20(9-22)4-6-21/h1-2,7,9,11-12H,3-6,8H2,(H,19,23). The molecule has 128 valence electrons. The van der Waals surface area contributed by atoms with Gasteiger partial charge in [0.25, 0.3) is 0 Å². The van der Waals surface area contributed by atoms with Crippen molar-refractivity contribution in [2.75, 3.05) is 31.5 Å². The van der Waals surface area contributed by atoms with Crippen molar-refractivity contribution < 1.29 is 14.4 Å². The van der Waals surface area contributed by atoms with Crippen LogP contribution in [-0.4, -0.2) is 54.2 Å². The molecule has 1 heterocycles. The van der Waals surface area contributed by atoms with Gasteiger partial charge in [0.05, 0.1) is 22.5 Å². The minimum Gasteiger partial charge on any atom is -0.342 e. The summed E-state index contributed by atoms with van der Waals surface area (Å²) in [7, 11) is 0. The second-order valence-corrected chi connectivity index (χ2v) is 6.87. The Kier molecular flexibility index (Phi) is 4.96. The summed E-state index contributed by atoms with van der Waals surface area (Å²) >= 11 is 11.9. The van der Waals surface area contributed by atoms with Crippen molar-refractivity contribution in [2.45, 2.75) is 6.42 Å². The van der Waals surface area contributed by atoms with Crippen LogP contribution in [0.15, 0.2) is 18.2 Å². The van der Waals surface area contributed by atoms with Crippen LogP contribution in [0, 0.1) is 11.8 Å². The van der Waals surface area contributed by atoms with Gasteiger partial charge in [-0.3, -0.25) is 14.4 Å². The molecule has 1 aliphatic carbocycles. The van der Waals surface area contributed by atoms with Gasteiger partial charge in [0.15, 0.2) is 0 Å². The lowest BCUT2D eigenvalue weighted by Crippen LogP contribution is -2.48. The van der Waals surface area contributed by atoms with Crippen molar-refractivity contribution in [1.82, 2.24) is 9.80 Å². The van der Waals surface area contributed by atoms with Gasteiger partial charge >= 0.3 is 0 Å². The first kappa shape index (κ1) is 17.0. The summed E-state index contributed by atoms with van der Waals surface area (Å²) in [6, 6.07) is 4.84. The Hall–Kier alpha value is -1.79. The van der Waals surface area contributed by atoms with Crippen LogP contribution < -0.4 is 5.32 Å². The summed E-state index contributed by atoms with van der Waals surface area (Å²) in [4.78, 5) is 38.8. The van der Waals surface area contributed by atoms with Crippen molar-refractivity contribution in [1.29, 1.82) is 0 Å². The Bertz CT molecular complexity index is 675. The van der Waals surface area contributed by atoms with E-state index in [0.29, 0.717) is 48.3 Å². The number of hydrogen-bond acceptors (Lipinski definition) is 3. The first-order valence-electron chi connectivity index (χ1n) is 7.73. The predicted molar refractivity (Wildman–Crippen MR) is 90.9 cm³/mol. The molecule has 2 fully saturated rings. The van der Waals surface area contributed by atoms with Gasteiger partial charge in [-0.2, -0.15) is 0 Å². The quantitative estimate of drug-likeness (QED) is 0.823. The zero-order valence-corrected chi connectivity index (χ0v) is 14.4. The Morgan fingerprint density at radius 3 is 2.50 bits per heavy atom. The summed E-state index contributed by atoms with van der Waals surface area (Å²) in [6.07, 6.45) is 1.33. The molecule has 0 bridgehead atoms. The van der Waals surface area contributed by atoms with Crippen molar-refractivity contribution in [3.63, 3.8) is 0 Å². The van der Waals surface area contributed by atoms with E-state index in [0.717, 1.165) is 6.41 Å². The monoisotopic (exact) mass is 369 g/mol. The number of rotatable bonds is 4. The smallest absolute Gasteiger partial charge is 0.228 e. The third-order valence-corrected chi connectivity index (χ3v) is 4.97. The van der Waals surface area contributed by atoms with E-state index in [1.807, 2.05) is 0 Å². The molecule has 1 aromatic carbocycles. The van der Waals surface area contributed by atoms with E-state index in [9.17, 15) is 14.4 Å². The molecule has 6 nitrogen and oxygen atoms in total. The highest BCUT2D eigenvalue weighted by molar-refractivity contribution is 6.35. The van der Waals surface area contributed by atoms with Crippen LogP contribution in [0.5, 0.6) is 0 Å². The fourth-order valence-corrected chi connectivity index (χ4v) is 3.20. The molecule has 0 spiro atoms. The maximum absolute atomic E-state index is 12.4. The maximum Gasteiger partial charge on any atom is 0.228 e. The molecule has 1 N–H and O–H groups in total. The number of halogens is 2. The number of piperazine rings is 1. The molecule has 3 rings (SSSR count). The first-order chi connectivity index (χ1) is 11.5. The maximum atomic E-state index is 12.4. The van der Waals surface area contributed by atoms with Gasteiger partial charge in [0.2, 0.25) is 18.2 Å². The van der Waals surface area contributed by atoms with E-state index in [2.05, 4.69) is 5.32 Å². The normalized spacial score (nSPS) is 22.9. The van der Waals surface area contributed by atoms with Crippen LogP contribution in [0.2, 0.25) is 10.0 Å². The van der Waals surface area contributed by atoms with Gasteiger partial charge in [-0.15, -0.1) is 0 Å².